The lowest BCUT2D eigenvalue weighted by Gasteiger charge is -2.26. The summed E-state index contributed by atoms with van der Waals surface area (Å²) in [6.45, 7) is 1.71. The molecule has 0 amide bonds. The van der Waals surface area contributed by atoms with Gasteiger partial charge in [-0.25, -0.2) is 13.1 Å². The molecule has 1 saturated heterocycles. The van der Waals surface area contributed by atoms with Crippen molar-refractivity contribution in [3.8, 4) is 6.01 Å². The number of halogens is 1. The number of ether oxygens (including phenoxy) is 1. The molecule has 8 nitrogen and oxygen atoms in total. The molecule has 0 atom stereocenters. The van der Waals surface area contributed by atoms with Crippen LogP contribution in [-0.2, 0) is 22.3 Å². The van der Waals surface area contributed by atoms with Gasteiger partial charge in [0.1, 0.15) is 0 Å². The molecular formula is C17H22ClN5O3S. The summed E-state index contributed by atoms with van der Waals surface area (Å²) in [6.07, 6.45) is 3.35. The second-order valence-corrected chi connectivity index (χ2v) is 8.54. The Balaban J connectivity index is 1.69. The highest BCUT2D eigenvalue weighted by Gasteiger charge is 2.18. The zero-order valence-electron chi connectivity index (χ0n) is 15.1. The van der Waals surface area contributed by atoms with E-state index in [1.807, 2.05) is 0 Å². The lowest BCUT2D eigenvalue weighted by molar-refractivity contribution is 0.374. The summed E-state index contributed by atoms with van der Waals surface area (Å²) in [4.78, 5) is 14.9. The van der Waals surface area contributed by atoms with Crippen molar-refractivity contribution in [2.24, 2.45) is 0 Å². The van der Waals surface area contributed by atoms with Crippen molar-refractivity contribution < 1.29 is 13.2 Å². The van der Waals surface area contributed by atoms with Gasteiger partial charge in [-0.3, -0.25) is 0 Å². The van der Waals surface area contributed by atoms with Crippen molar-refractivity contribution >= 4 is 27.6 Å². The SMILES string of the molecule is COc1nc(CNS(=O)(=O)Cc2ccc(Cl)cc2)nc(N2CCCCC2)n1. The minimum Gasteiger partial charge on any atom is -0.467 e. The summed E-state index contributed by atoms with van der Waals surface area (Å²) in [7, 11) is -2.07. The van der Waals surface area contributed by atoms with Crippen LogP contribution in [0.4, 0.5) is 5.95 Å². The molecule has 0 radical (unpaired) electrons. The van der Waals surface area contributed by atoms with Crippen molar-refractivity contribution in [2.45, 2.75) is 31.6 Å². The van der Waals surface area contributed by atoms with Gasteiger partial charge in [0.25, 0.3) is 0 Å². The minimum atomic E-state index is -3.55. The number of piperidine rings is 1. The largest absolute Gasteiger partial charge is 0.467 e. The van der Waals surface area contributed by atoms with Gasteiger partial charge in [0.15, 0.2) is 5.82 Å². The molecular weight excluding hydrogens is 390 g/mol. The molecule has 2 aromatic rings. The zero-order chi connectivity index (χ0) is 19.3. The summed E-state index contributed by atoms with van der Waals surface area (Å²) in [5.41, 5.74) is 0.647. The number of anilines is 1. The minimum absolute atomic E-state index is 0.0321. The van der Waals surface area contributed by atoms with Gasteiger partial charge in [-0.2, -0.15) is 15.0 Å². The molecule has 1 aliphatic heterocycles. The highest BCUT2D eigenvalue weighted by Crippen LogP contribution is 2.18. The van der Waals surface area contributed by atoms with E-state index in [2.05, 4.69) is 24.6 Å². The van der Waals surface area contributed by atoms with Crippen LogP contribution in [0.3, 0.4) is 0 Å². The van der Waals surface area contributed by atoms with Crippen LogP contribution < -0.4 is 14.4 Å². The summed E-state index contributed by atoms with van der Waals surface area (Å²) in [6, 6.07) is 6.86. The Bertz CT molecular complexity index is 871. The monoisotopic (exact) mass is 411 g/mol. The quantitative estimate of drug-likeness (QED) is 0.745. The third-order valence-corrected chi connectivity index (χ3v) is 5.74. The molecule has 3 rings (SSSR count). The van der Waals surface area contributed by atoms with Gasteiger partial charge in [-0.05, 0) is 37.0 Å². The fourth-order valence-corrected chi connectivity index (χ4v) is 4.03. The number of hydrogen-bond acceptors (Lipinski definition) is 7. The van der Waals surface area contributed by atoms with Crippen molar-refractivity contribution in [2.75, 3.05) is 25.1 Å². The number of sulfonamides is 1. The van der Waals surface area contributed by atoms with Crippen LogP contribution in [0.2, 0.25) is 5.02 Å². The molecule has 0 saturated carbocycles. The van der Waals surface area contributed by atoms with Gasteiger partial charge < -0.3 is 9.64 Å². The van der Waals surface area contributed by atoms with E-state index in [0.29, 0.717) is 22.4 Å². The molecule has 146 valence electrons. The second-order valence-electron chi connectivity index (χ2n) is 6.29. The molecule has 1 aliphatic rings. The number of methoxy groups -OCH3 is 1. The maximum atomic E-state index is 12.3. The molecule has 2 heterocycles. The van der Waals surface area contributed by atoms with Crippen LogP contribution in [0.1, 0.15) is 30.7 Å². The highest BCUT2D eigenvalue weighted by atomic mass is 35.5. The molecule has 1 fully saturated rings. The van der Waals surface area contributed by atoms with E-state index < -0.39 is 10.0 Å². The van der Waals surface area contributed by atoms with Crippen LogP contribution in [0.15, 0.2) is 24.3 Å². The van der Waals surface area contributed by atoms with E-state index in [0.717, 1.165) is 25.9 Å². The maximum Gasteiger partial charge on any atom is 0.321 e. The van der Waals surface area contributed by atoms with Crippen LogP contribution in [0.25, 0.3) is 0 Å². The normalized spacial score (nSPS) is 15.0. The van der Waals surface area contributed by atoms with Gasteiger partial charge in [-0.1, -0.05) is 23.7 Å². The van der Waals surface area contributed by atoms with Crippen LogP contribution in [0.5, 0.6) is 6.01 Å². The summed E-state index contributed by atoms with van der Waals surface area (Å²) < 4.78 is 32.4. The van der Waals surface area contributed by atoms with Gasteiger partial charge in [-0.15, -0.1) is 0 Å². The zero-order valence-corrected chi connectivity index (χ0v) is 16.6. The van der Waals surface area contributed by atoms with Crippen LogP contribution in [0, 0.1) is 0 Å². The Kier molecular flexibility index (Phi) is 6.46. The van der Waals surface area contributed by atoms with E-state index in [-0.39, 0.29) is 18.3 Å². The Morgan fingerprint density at radius 1 is 1.11 bits per heavy atom. The Morgan fingerprint density at radius 2 is 1.81 bits per heavy atom. The van der Waals surface area contributed by atoms with Gasteiger partial charge in [0, 0.05) is 18.1 Å². The first-order chi connectivity index (χ1) is 12.9. The first kappa shape index (κ1) is 19.8. The van der Waals surface area contributed by atoms with Crippen molar-refractivity contribution in [3.05, 3.63) is 40.7 Å². The highest BCUT2D eigenvalue weighted by molar-refractivity contribution is 7.88. The summed E-state index contributed by atoms with van der Waals surface area (Å²) in [5.74, 6) is 0.696. The fourth-order valence-electron chi connectivity index (χ4n) is 2.82. The third kappa shape index (κ3) is 5.75. The van der Waals surface area contributed by atoms with Gasteiger partial charge >= 0.3 is 6.01 Å². The molecule has 1 aromatic heterocycles. The summed E-state index contributed by atoms with van der Waals surface area (Å²) >= 11 is 5.83. The van der Waals surface area contributed by atoms with E-state index in [4.69, 9.17) is 16.3 Å². The van der Waals surface area contributed by atoms with E-state index in [1.54, 1.807) is 24.3 Å². The van der Waals surface area contributed by atoms with Gasteiger partial charge in [0.05, 0.1) is 19.4 Å². The predicted octanol–water partition coefficient (Wildman–Crippen LogP) is 2.14. The number of aromatic nitrogens is 3. The Hall–Kier alpha value is -1.97. The van der Waals surface area contributed by atoms with Crippen molar-refractivity contribution in [1.29, 1.82) is 0 Å². The molecule has 1 N–H and O–H groups in total. The Morgan fingerprint density at radius 3 is 2.48 bits per heavy atom. The molecule has 27 heavy (non-hydrogen) atoms. The van der Waals surface area contributed by atoms with Gasteiger partial charge in [0.2, 0.25) is 16.0 Å². The van der Waals surface area contributed by atoms with Crippen molar-refractivity contribution in [1.82, 2.24) is 19.7 Å². The number of nitrogens with one attached hydrogen (secondary N) is 1. The number of hydrogen-bond donors (Lipinski definition) is 1. The lowest BCUT2D eigenvalue weighted by Crippen LogP contribution is -2.32. The van der Waals surface area contributed by atoms with Crippen LogP contribution >= 0.6 is 11.6 Å². The third-order valence-electron chi connectivity index (χ3n) is 4.19. The predicted molar refractivity (Wildman–Crippen MR) is 103 cm³/mol. The number of benzene rings is 1. The Labute approximate surface area is 164 Å². The number of nitrogens with zero attached hydrogens (tertiary/aromatic N) is 4. The second kappa shape index (κ2) is 8.81. The average Bonchev–Trinajstić information content (AvgIpc) is 2.68. The number of rotatable bonds is 7. The first-order valence-corrected chi connectivity index (χ1v) is 10.7. The molecule has 0 bridgehead atoms. The average molecular weight is 412 g/mol. The first-order valence-electron chi connectivity index (χ1n) is 8.71. The van der Waals surface area contributed by atoms with E-state index in [9.17, 15) is 8.42 Å². The molecule has 10 heteroatoms. The summed E-state index contributed by atoms with van der Waals surface area (Å²) in [5, 5.41) is 0.562. The molecule has 0 aliphatic carbocycles. The van der Waals surface area contributed by atoms with Crippen molar-refractivity contribution in [3.63, 3.8) is 0 Å². The smallest absolute Gasteiger partial charge is 0.321 e. The lowest BCUT2D eigenvalue weighted by atomic mass is 10.1. The fraction of sp³-hybridized carbons (Fsp3) is 0.471. The molecule has 1 aromatic carbocycles. The van der Waals surface area contributed by atoms with E-state index in [1.165, 1.54) is 13.5 Å². The molecule has 0 spiro atoms. The standard InChI is InChI=1S/C17H22ClN5O3S/c1-26-17-21-15(20-16(22-17)23-9-3-2-4-10-23)11-19-27(24,25)12-13-5-7-14(18)8-6-13/h5-8,19H,2-4,9-12H2,1H3. The van der Waals surface area contributed by atoms with Crippen LogP contribution in [-0.4, -0.2) is 43.6 Å². The van der Waals surface area contributed by atoms with E-state index >= 15 is 0 Å². The topological polar surface area (TPSA) is 97.3 Å². The maximum absolute atomic E-state index is 12.3. The molecule has 0 unspecified atom stereocenters.